The molecule has 25 heavy (non-hydrogen) atoms. The maximum atomic E-state index is 4.66. The van der Waals surface area contributed by atoms with Crippen LogP contribution < -0.4 is 5.32 Å². The summed E-state index contributed by atoms with van der Waals surface area (Å²) in [5, 5.41) is 8.39. The van der Waals surface area contributed by atoms with E-state index in [0.717, 1.165) is 24.6 Å². The third kappa shape index (κ3) is 4.10. The third-order valence-corrected chi connectivity index (χ3v) is 5.56. The van der Waals surface area contributed by atoms with Crippen molar-refractivity contribution in [1.29, 1.82) is 0 Å². The highest BCUT2D eigenvalue weighted by molar-refractivity contribution is 5.14. The molecule has 5 heteroatoms. The standard InChI is InChI=1S/C20H29N5/c1-16-21-20-19(8-5-12-25(20)23-16)22-18-10-14-24(15-11-18)13-9-17-6-3-2-4-7-17/h2-4,6-7,18-19,22H,5,8-15H2,1H3. The van der Waals surface area contributed by atoms with E-state index in [2.05, 4.69) is 55.3 Å². The van der Waals surface area contributed by atoms with Crippen LogP contribution in [-0.4, -0.2) is 45.3 Å². The van der Waals surface area contributed by atoms with Gasteiger partial charge in [0.15, 0.2) is 0 Å². The van der Waals surface area contributed by atoms with Crippen molar-refractivity contribution in [2.45, 2.75) is 57.7 Å². The van der Waals surface area contributed by atoms with Crippen molar-refractivity contribution >= 4 is 0 Å². The van der Waals surface area contributed by atoms with Crippen molar-refractivity contribution in [3.63, 3.8) is 0 Å². The Morgan fingerprint density at radius 2 is 1.88 bits per heavy atom. The molecule has 2 aromatic rings. The monoisotopic (exact) mass is 339 g/mol. The molecular formula is C20H29N5. The second-order valence-corrected chi connectivity index (χ2v) is 7.45. The van der Waals surface area contributed by atoms with Gasteiger partial charge in [0.05, 0.1) is 6.04 Å². The Bertz CT molecular complexity index is 673. The summed E-state index contributed by atoms with van der Waals surface area (Å²) in [4.78, 5) is 7.26. The first-order valence-electron chi connectivity index (χ1n) is 9.71. The summed E-state index contributed by atoms with van der Waals surface area (Å²) in [5.74, 6) is 2.05. The molecule has 0 bridgehead atoms. The van der Waals surface area contributed by atoms with Crippen LogP contribution in [-0.2, 0) is 13.0 Å². The first-order chi connectivity index (χ1) is 12.3. The van der Waals surface area contributed by atoms with Gasteiger partial charge in [0.25, 0.3) is 0 Å². The van der Waals surface area contributed by atoms with E-state index in [1.165, 1.54) is 50.9 Å². The molecule has 2 aliphatic rings. The number of hydrogen-bond acceptors (Lipinski definition) is 4. The maximum absolute atomic E-state index is 4.66. The Labute approximate surface area is 150 Å². The molecule has 134 valence electrons. The van der Waals surface area contributed by atoms with Crippen LogP contribution in [0.3, 0.4) is 0 Å². The van der Waals surface area contributed by atoms with Gasteiger partial charge in [-0.2, -0.15) is 5.10 Å². The van der Waals surface area contributed by atoms with Crippen molar-refractivity contribution in [2.24, 2.45) is 0 Å². The molecule has 1 aromatic carbocycles. The van der Waals surface area contributed by atoms with Gasteiger partial charge in [-0.1, -0.05) is 30.3 Å². The maximum Gasteiger partial charge on any atom is 0.147 e. The second kappa shape index (κ2) is 7.67. The number of fused-ring (bicyclic) bond motifs is 1. The van der Waals surface area contributed by atoms with Crippen LogP contribution in [0.15, 0.2) is 30.3 Å². The predicted octanol–water partition coefficient (Wildman–Crippen LogP) is 2.72. The fourth-order valence-electron chi connectivity index (χ4n) is 4.17. The number of likely N-dealkylation sites (tertiary alicyclic amines) is 1. The molecule has 3 heterocycles. The molecule has 5 nitrogen and oxygen atoms in total. The number of nitrogens with one attached hydrogen (secondary N) is 1. The van der Waals surface area contributed by atoms with Crippen molar-refractivity contribution in [1.82, 2.24) is 25.0 Å². The molecule has 2 aliphatic heterocycles. The van der Waals surface area contributed by atoms with E-state index >= 15 is 0 Å². The lowest BCUT2D eigenvalue weighted by Crippen LogP contribution is -2.45. The van der Waals surface area contributed by atoms with E-state index in [1.54, 1.807) is 0 Å². The van der Waals surface area contributed by atoms with E-state index in [1.807, 2.05) is 6.92 Å². The summed E-state index contributed by atoms with van der Waals surface area (Å²) in [7, 11) is 0. The highest BCUT2D eigenvalue weighted by Crippen LogP contribution is 2.25. The van der Waals surface area contributed by atoms with Crippen LogP contribution in [0.2, 0.25) is 0 Å². The third-order valence-electron chi connectivity index (χ3n) is 5.56. The van der Waals surface area contributed by atoms with Crippen LogP contribution >= 0.6 is 0 Å². The van der Waals surface area contributed by atoms with E-state index < -0.39 is 0 Å². The van der Waals surface area contributed by atoms with Crippen molar-refractivity contribution in [3.8, 4) is 0 Å². The Hall–Kier alpha value is -1.72. The minimum atomic E-state index is 0.385. The Morgan fingerprint density at radius 3 is 2.68 bits per heavy atom. The minimum Gasteiger partial charge on any atom is -0.304 e. The van der Waals surface area contributed by atoms with E-state index in [-0.39, 0.29) is 0 Å². The molecule has 0 amide bonds. The zero-order valence-electron chi connectivity index (χ0n) is 15.2. The highest BCUT2D eigenvalue weighted by Gasteiger charge is 2.27. The van der Waals surface area contributed by atoms with Gasteiger partial charge in [-0.05, 0) is 57.7 Å². The molecule has 1 saturated heterocycles. The average molecular weight is 339 g/mol. The average Bonchev–Trinajstić information content (AvgIpc) is 3.03. The number of aromatic nitrogens is 3. The molecule has 0 aliphatic carbocycles. The van der Waals surface area contributed by atoms with E-state index in [0.29, 0.717) is 12.1 Å². The van der Waals surface area contributed by atoms with Crippen LogP contribution in [0.1, 0.15) is 48.9 Å². The summed E-state index contributed by atoms with van der Waals surface area (Å²) in [6.07, 6.45) is 6.01. The number of nitrogens with zero attached hydrogens (tertiary/aromatic N) is 4. The summed E-state index contributed by atoms with van der Waals surface area (Å²) in [5.41, 5.74) is 1.44. The fourth-order valence-corrected chi connectivity index (χ4v) is 4.17. The molecule has 1 fully saturated rings. The fraction of sp³-hybridized carbons (Fsp3) is 0.600. The second-order valence-electron chi connectivity index (χ2n) is 7.45. The van der Waals surface area contributed by atoms with Crippen LogP contribution in [0.4, 0.5) is 0 Å². The molecule has 4 rings (SSSR count). The molecule has 0 radical (unpaired) electrons. The first-order valence-corrected chi connectivity index (χ1v) is 9.71. The van der Waals surface area contributed by atoms with Crippen LogP contribution in [0.5, 0.6) is 0 Å². The van der Waals surface area contributed by atoms with Crippen LogP contribution in [0, 0.1) is 6.92 Å². The largest absolute Gasteiger partial charge is 0.304 e. The van der Waals surface area contributed by atoms with Gasteiger partial charge in [0, 0.05) is 19.1 Å². The lowest BCUT2D eigenvalue weighted by Gasteiger charge is -2.35. The van der Waals surface area contributed by atoms with Gasteiger partial charge in [-0.3, -0.25) is 0 Å². The number of aryl methyl sites for hydroxylation is 2. The lowest BCUT2D eigenvalue weighted by molar-refractivity contribution is 0.186. The molecular weight excluding hydrogens is 310 g/mol. The summed E-state index contributed by atoms with van der Waals surface area (Å²) < 4.78 is 2.10. The normalized spacial score (nSPS) is 22.0. The predicted molar refractivity (Wildman–Crippen MR) is 99.5 cm³/mol. The summed E-state index contributed by atoms with van der Waals surface area (Å²) >= 11 is 0. The number of benzene rings is 1. The molecule has 1 N–H and O–H groups in total. The first kappa shape index (κ1) is 16.7. The van der Waals surface area contributed by atoms with Gasteiger partial charge >= 0.3 is 0 Å². The Morgan fingerprint density at radius 1 is 1.08 bits per heavy atom. The zero-order valence-corrected chi connectivity index (χ0v) is 15.2. The quantitative estimate of drug-likeness (QED) is 0.910. The van der Waals surface area contributed by atoms with Crippen molar-refractivity contribution in [2.75, 3.05) is 19.6 Å². The van der Waals surface area contributed by atoms with Gasteiger partial charge in [-0.25, -0.2) is 9.67 Å². The minimum absolute atomic E-state index is 0.385. The van der Waals surface area contributed by atoms with Gasteiger partial charge in [0.1, 0.15) is 11.6 Å². The topological polar surface area (TPSA) is 46.0 Å². The molecule has 1 atom stereocenters. The highest BCUT2D eigenvalue weighted by atomic mass is 15.4. The van der Waals surface area contributed by atoms with Crippen molar-refractivity contribution in [3.05, 3.63) is 47.5 Å². The number of hydrogen-bond donors (Lipinski definition) is 1. The smallest absolute Gasteiger partial charge is 0.147 e. The summed E-state index contributed by atoms with van der Waals surface area (Å²) in [6.45, 7) is 6.58. The Kier molecular flexibility index (Phi) is 5.13. The number of rotatable bonds is 5. The van der Waals surface area contributed by atoms with Gasteiger partial charge in [0.2, 0.25) is 0 Å². The van der Waals surface area contributed by atoms with E-state index in [4.69, 9.17) is 0 Å². The van der Waals surface area contributed by atoms with Gasteiger partial charge in [-0.15, -0.1) is 0 Å². The summed E-state index contributed by atoms with van der Waals surface area (Å²) in [6, 6.07) is 11.8. The van der Waals surface area contributed by atoms with E-state index in [9.17, 15) is 0 Å². The Balaban J connectivity index is 1.25. The molecule has 0 saturated carbocycles. The molecule has 0 spiro atoms. The molecule has 1 unspecified atom stereocenters. The number of piperidine rings is 1. The van der Waals surface area contributed by atoms with Gasteiger partial charge < -0.3 is 10.2 Å². The zero-order chi connectivity index (χ0) is 17.1. The van der Waals surface area contributed by atoms with Crippen molar-refractivity contribution < 1.29 is 0 Å². The molecule has 1 aromatic heterocycles. The SMILES string of the molecule is Cc1nc2n(n1)CCCC2NC1CCN(CCc2ccccc2)CC1. The lowest BCUT2D eigenvalue weighted by atomic mass is 10.0. The van der Waals surface area contributed by atoms with Crippen LogP contribution in [0.25, 0.3) is 0 Å².